The highest BCUT2D eigenvalue weighted by Gasteiger charge is 2.38. The molecule has 0 atom stereocenters. The van der Waals surface area contributed by atoms with Crippen LogP contribution in [0.25, 0.3) is 10.9 Å². The topological polar surface area (TPSA) is 64.0 Å². The average Bonchev–Trinajstić information content (AvgIpc) is 2.64. The summed E-state index contributed by atoms with van der Waals surface area (Å²) in [6, 6.07) is 9.39. The Morgan fingerprint density at radius 3 is 2.43 bits per heavy atom. The number of fused-ring (bicyclic) bond motifs is 1. The number of alkyl halides is 3. The molecule has 2 aromatic carbocycles. The van der Waals surface area contributed by atoms with E-state index in [-0.39, 0.29) is 22.0 Å². The summed E-state index contributed by atoms with van der Waals surface area (Å²) in [5.41, 5.74) is 1.76. The van der Waals surface area contributed by atoms with Gasteiger partial charge in [0.15, 0.2) is 0 Å². The molecule has 3 aromatic rings. The van der Waals surface area contributed by atoms with Gasteiger partial charge in [-0.15, -0.1) is 0 Å². The quantitative estimate of drug-likeness (QED) is 0.691. The lowest BCUT2D eigenvalue weighted by Gasteiger charge is -2.17. The van der Waals surface area contributed by atoms with E-state index < -0.39 is 29.3 Å². The molecule has 0 fully saturated rings. The van der Waals surface area contributed by atoms with Gasteiger partial charge in [-0.25, -0.2) is 9.37 Å². The van der Waals surface area contributed by atoms with Gasteiger partial charge in [-0.2, -0.15) is 17.8 Å². The molecule has 0 unspecified atom stereocenters. The summed E-state index contributed by atoms with van der Waals surface area (Å²) in [5, 5.41) is -0.0329. The van der Waals surface area contributed by atoms with E-state index >= 15 is 0 Å². The molecule has 1 aromatic heterocycles. The Bertz CT molecular complexity index is 1090. The smallest absolute Gasteiger partial charge is 0.273 e. The summed E-state index contributed by atoms with van der Waals surface area (Å²) in [6.07, 6.45) is -4.91. The molecule has 9 heteroatoms. The largest absolute Gasteiger partial charge is 0.451 e. The third-order valence-corrected chi connectivity index (χ3v) is 4.13. The fourth-order valence-electron chi connectivity index (χ4n) is 2.80. The van der Waals surface area contributed by atoms with Gasteiger partial charge in [0.25, 0.3) is 5.56 Å². The molecule has 0 aliphatic heterocycles. The second kappa shape index (κ2) is 7.41. The number of benzene rings is 2. The second-order valence-corrected chi connectivity index (χ2v) is 6.08. The maximum absolute atomic E-state index is 13.5. The summed E-state index contributed by atoms with van der Waals surface area (Å²) >= 11 is 0. The predicted molar refractivity (Wildman–Crippen MR) is 94.9 cm³/mol. The van der Waals surface area contributed by atoms with Crippen molar-refractivity contribution in [3.8, 4) is 0 Å². The summed E-state index contributed by atoms with van der Waals surface area (Å²) < 4.78 is 53.6. The number of carbonyl (C=O) groups excluding carboxylic acids is 1. The SMILES string of the molecule is CCc1cccc2c(=O)n(NC(=O)Cc3ccc(F)cc3)c(C(F)(F)F)nc12. The minimum atomic E-state index is -4.96. The van der Waals surface area contributed by atoms with Crippen LogP contribution in [-0.2, 0) is 23.8 Å². The van der Waals surface area contributed by atoms with Crippen molar-refractivity contribution < 1.29 is 22.4 Å². The molecule has 5 nitrogen and oxygen atoms in total. The van der Waals surface area contributed by atoms with E-state index in [1.807, 2.05) is 5.43 Å². The molecular formula is C19H15F4N3O2. The van der Waals surface area contributed by atoms with Gasteiger partial charge in [-0.05, 0) is 35.7 Å². The zero-order chi connectivity index (χ0) is 20.5. The lowest BCUT2D eigenvalue weighted by atomic mass is 10.1. The van der Waals surface area contributed by atoms with Crippen molar-refractivity contribution in [1.29, 1.82) is 0 Å². The van der Waals surface area contributed by atoms with Crippen LogP contribution in [0.2, 0.25) is 0 Å². The molecule has 0 aliphatic carbocycles. The molecule has 0 radical (unpaired) electrons. The Morgan fingerprint density at radius 2 is 1.82 bits per heavy atom. The average molecular weight is 393 g/mol. The van der Waals surface area contributed by atoms with Crippen LogP contribution in [0.1, 0.15) is 23.9 Å². The van der Waals surface area contributed by atoms with Gasteiger partial charge in [0.2, 0.25) is 11.7 Å². The van der Waals surface area contributed by atoms with E-state index in [4.69, 9.17) is 0 Å². The molecule has 0 saturated heterocycles. The number of para-hydroxylation sites is 1. The first kappa shape index (κ1) is 19.5. The number of aromatic nitrogens is 2. The normalized spacial score (nSPS) is 11.6. The first-order valence-electron chi connectivity index (χ1n) is 8.37. The third-order valence-electron chi connectivity index (χ3n) is 4.13. The number of nitrogens with zero attached hydrogens (tertiary/aromatic N) is 2. The molecule has 1 heterocycles. The fourth-order valence-corrected chi connectivity index (χ4v) is 2.80. The monoisotopic (exact) mass is 393 g/mol. The van der Waals surface area contributed by atoms with Crippen molar-refractivity contribution in [1.82, 2.24) is 9.66 Å². The van der Waals surface area contributed by atoms with Crippen LogP contribution in [0.5, 0.6) is 0 Å². The first-order valence-corrected chi connectivity index (χ1v) is 8.37. The Hall–Kier alpha value is -3.23. The minimum absolute atomic E-state index is 0.0329. The Balaban J connectivity index is 2.06. The van der Waals surface area contributed by atoms with Gasteiger partial charge < -0.3 is 0 Å². The van der Waals surface area contributed by atoms with Crippen LogP contribution in [-0.4, -0.2) is 15.6 Å². The van der Waals surface area contributed by atoms with Crippen molar-refractivity contribution in [3.63, 3.8) is 0 Å². The highest BCUT2D eigenvalue weighted by atomic mass is 19.4. The van der Waals surface area contributed by atoms with Crippen LogP contribution in [0.15, 0.2) is 47.3 Å². The van der Waals surface area contributed by atoms with Crippen molar-refractivity contribution in [3.05, 3.63) is 75.6 Å². The summed E-state index contributed by atoms with van der Waals surface area (Å²) in [6.45, 7) is 1.74. The van der Waals surface area contributed by atoms with Crippen molar-refractivity contribution in [2.75, 3.05) is 5.43 Å². The van der Waals surface area contributed by atoms with Crippen molar-refractivity contribution in [2.45, 2.75) is 25.9 Å². The molecule has 1 amide bonds. The first-order chi connectivity index (χ1) is 13.2. The van der Waals surface area contributed by atoms with E-state index in [1.54, 1.807) is 19.1 Å². The predicted octanol–water partition coefficient (Wildman–Crippen LogP) is 3.43. The number of amides is 1. The lowest BCUT2D eigenvalue weighted by Crippen LogP contribution is -2.39. The van der Waals surface area contributed by atoms with Crippen LogP contribution >= 0.6 is 0 Å². The lowest BCUT2D eigenvalue weighted by molar-refractivity contribution is -0.147. The van der Waals surface area contributed by atoms with E-state index in [0.717, 1.165) is 12.1 Å². The molecule has 28 heavy (non-hydrogen) atoms. The molecule has 0 saturated carbocycles. The molecule has 3 rings (SSSR count). The highest BCUT2D eigenvalue weighted by molar-refractivity contribution is 5.87. The van der Waals surface area contributed by atoms with Crippen molar-refractivity contribution in [2.24, 2.45) is 0 Å². The molecular weight excluding hydrogens is 378 g/mol. The zero-order valence-corrected chi connectivity index (χ0v) is 14.7. The highest BCUT2D eigenvalue weighted by Crippen LogP contribution is 2.28. The Morgan fingerprint density at radius 1 is 1.14 bits per heavy atom. The van der Waals surface area contributed by atoms with Gasteiger partial charge in [-0.1, -0.05) is 31.2 Å². The fraction of sp³-hybridized carbons (Fsp3) is 0.211. The molecule has 0 bridgehead atoms. The van der Waals surface area contributed by atoms with Crippen LogP contribution in [0, 0.1) is 5.82 Å². The Labute approximate surface area is 156 Å². The van der Waals surface area contributed by atoms with E-state index in [9.17, 15) is 27.2 Å². The standard InChI is InChI=1S/C19H15F4N3O2/c1-2-12-4-3-5-14-16(12)24-18(19(21,22)23)26(17(14)28)25-15(27)10-11-6-8-13(20)9-7-11/h3-9H,2,10H2,1H3,(H,25,27). The number of hydrogen-bond donors (Lipinski definition) is 1. The zero-order valence-electron chi connectivity index (χ0n) is 14.7. The number of carbonyl (C=O) groups is 1. The van der Waals surface area contributed by atoms with E-state index in [1.165, 1.54) is 18.2 Å². The molecule has 0 spiro atoms. The number of halogens is 4. The minimum Gasteiger partial charge on any atom is -0.273 e. The molecule has 146 valence electrons. The van der Waals surface area contributed by atoms with Gasteiger partial charge >= 0.3 is 6.18 Å². The van der Waals surface area contributed by atoms with Crippen LogP contribution in [0.3, 0.4) is 0 Å². The molecule has 1 N–H and O–H groups in total. The number of rotatable bonds is 4. The van der Waals surface area contributed by atoms with Crippen molar-refractivity contribution >= 4 is 16.8 Å². The number of aryl methyl sites for hydroxylation is 1. The maximum Gasteiger partial charge on any atom is 0.451 e. The van der Waals surface area contributed by atoms with E-state index in [0.29, 0.717) is 17.5 Å². The summed E-state index contributed by atoms with van der Waals surface area (Å²) in [7, 11) is 0. The van der Waals surface area contributed by atoms with Gasteiger partial charge in [0.05, 0.1) is 17.3 Å². The van der Waals surface area contributed by atoms with E-state index in [2.05, 4.69) is 4.98 Å². The Kier molecular flexibility index (Phi) is 5.17. The summed E-state index contributed by atoms with van der Waals surface area (Å²) in [5.74, 6) is -2.89. The third kappa shape index (κ3) is 3.88. The molecule has 0 aliphatic rings. The van der Waals surface area contributed by atoms with Gasteiger partial charge in [0, 0.05) is 0 Å². The number of nitrogens with one attached hydrogen (secondary N) is 1. The second-order valence-electron chi connectivity index (χ2n) is 6.08. The van der Waals surface area contributed by atoms with Gasteiger partial charge in [-0.3, -0.25) is 15.0 Å². The van der Waals surface area contributed by atoms with Gasteiger partial charge in [0.1, 0.15) is 5.82 Å². The van der Waals surface area contributed by atoms with Crippen LogP contribution < -0.4 is 11.0 Å². The maximum atomic E-state index is 13.5. The van der Waals surface area contributed by atoms with Crippen LogP contribution in [0.4, 0.5) is 17.6 Å². The number of hydrogen-bond acceptors (Lipinski definition) is 3. The summed E-state index contributed by atoms with van der Waals surface area (Å²) in [4.78, 5) is 28.5.